The van der Waals surface area contributed by atoms with Crippen molar-refractivity contribution in [2.24, 2.45) is 5.92 Å². The second-order valence-electron chi connectivity index (χ2n) is 5.25. The van der Waals surface area contributed by atoms with Crippen molar-refractivity contribution in [2.75, 3.05) is 13.7 Å². The molecule has 2 atom stereocenters. The molecule has 0 saturated carbocycles. The molecule has 0 radical (unpaired) electrons. The molecule has 0 saturated heterocycles. The van der Waals surface area contributed by atoms with E-state index in [1.54, 1.807) is 7.11 Å². The fraction of sp³-hybridized carbons (Fsp3) is 0.389. The monoisotopic (exact) mass is 286 g/mol. The molecule has 0 bridgehead atoms. The first-order chi connectivity index (χ1) is 10.1. The Hall–Kier alpha value is -2.03. The number of ether oxygens (including phenoxy) is 2. The van der Waals surface area contributed by atoms with E-state index in [0.29, 0.717) is 6.61 Å². The maximum Gasteiger partial charge on any atom is 0.314 e. The number of rotatable bonds is 4. The third-order valence-corrected chi connectivity index (χ3v) is 4.04. The van der Waals surface area contributed by atoms with Crippen LogP contribution in [0, 0.1) is 5.92 Å². The highest BCUT2D eigenvalue weighted by Gasteiger charge is 2.33. The van der Waals surface area contributed by atoms with Crippen molar-refractivity contribution in [3.8, 4) is 5.75 Å². The highest BCUT2D eigenvalue weighted by Crippen LogP contribution is 2.38. The molecule has 2 rings (SSSR count). The number of carbonyl (C=O) groups is 1. The summed E-state index contributed by atoms with van der Waals surface area (Å²) in [7, 11) is 1.65. The Bertz CT molecular complexity index is 567. The lowest BCUT2D eigenvalue weighted by Gasteiger charge is -2.28. The van der Waals surface area contributed by atoms with E-state index in [9.17, 15) is 4.79 Å². The van der Waals surface area contributed by atoms with Crippen molar-refractivity contribution < 1.29 is 14.3 Å². The van der Waals surface area contributed by atoms with E-state index in [0.717, 1.165) is 22.5 Å². The van der Waals surface area contributed by atoms with Crippen LogP contribution in [0.1, 0.15) is 32.3 Å². The van der Waals surface area contributed by atoms with Gasteiger partial charge in [-0.3, -0.25) is 4.79 Å². The lowest BCUT2D eigenvalue weighted by molar-refractivity contribution is -0.147. The highest BCUT2D eigenvalue weighted by atomic mass is 16.5. The highest BCUT2D eigenvalue weighted by molar-refractivity contribution is 5.78. The van der Waals surface area contributed by atoms with Crippen molar-refractivity contribution in [2.45, 2.75) is 26.7 Å². The van der Waals surface area contributed by atoms with Gasteiger partial charge >= 0.3 is 5.97 Å². The van der Waals surface area contributed by atoms with E-state index in [-0.39, 0.29) is 17.8 Å². The topological polar surface area (TPSA) is 35.5 Å². The first kappa shape index (κ1) is 15.4. The van der Waals surface area contributed by atoms with Gasteiger partial charge in [-0.15, -0.1) is 0 Å². The molecule has 1 aliphatic rings. The largest absolute Gasteiger partial charge is 0.497 e. The van der Waals surface area contributed by atoms with Crippen LogP contribution < -0.4 is 4.74 Å². The summed E-state index contributed by atoms with van der Waals surface area (Å²) in [6.45, 7) is 6.28. The second kappa shape index (κ2) is 6.61. The molecule has 0 amide bonds. The van der Waals surface area contributed by atoms with E-state index in [1.165, 1.54) is 0 Å². The molecule has 0 unspecified atom stereocenters. The van der Waals surface area contributed by atoms with Gasteiger partial charge in [-0.05, 0) is 38.5 Å². The van der Waals surface area contributed by atoms with Crippen LogP contribution in [0.3, 0.4) is 0 Å². The molecule has 0 N–H and O–H groups in total. The normalized spacial score (nSPS) is 21.3. The summed E-state index contributed by atoms with van der Waals surface area (Å²) in [5.41, 5.74) is 3.31. The molecule has 112 valence electrons. The van der Waals surface area contributed by atoms with Gasteiger partial charge in [0.1, 0.15) is 5.75 Å². The fourth-order valence-corrected chi connectivity index (χ4v) is 2.69. The minimum Gasteiger partial charge on any atom is -0.497 e. The molecule has 21 heavy (non-hydrogen) atoms. The van der Waals surface area contributed by atoms with Crippen LogP contribution >= 0.6 is 0 Å². The predicted molar refractivity (Wildman–Crippen MR) is 83.4 cm³/mol. The lowest BCUT2D eigenvalue weighted by Crippen LogP contribution is -2.27. The van der Waals surface area contributed by atoms with Gasteiger partial charge in [0.25, 0.3) is 0 Å². The number of esters is 1. The van der Waals surface area contributed by atoms with Crippen LogP contribution in [-0.2, 0) is 9.53 Å². The van der Waals surface area contributed by atoms with Crippen molar-refractivity contribution in [1.82, 2.24) is 0 Å². The zero-order valence-electron chi connectivity index (χ0n) is 13.1. The van der Waals surface area contributed by atoms with E-state index >= 15 is 0 Å². The molecule has 0 aromatic heterocycles. The Kier molecular flexibility index (Phi) is 4.84. The van der Waals surface area contributed by atoms with Crippen LogP contribution in [0.4, 0.5) is 0 Å². The molecule has 1 aliphatic carbocycles. The zero-order valence-corrected chi connectivity index (χ0v) is 13.1. The van der Waals surface area contributed by atoms with Gasteiger partial charge in [0.05, 0.1) is 19.6 Å². The van der Waals surface area contributed by atoms with Crippen molar-refractivity contribution >= 4 is 5.97 Å². The standard InChI is InChI=1S/C18H22O3/c1-5-21-18(19)17-13(3)12(2)6-11-16(17)14-7-9-15(20-4)10-8-14/h6-11,16-17H,5H2,1-4H3/t16-,17-/m0/s1. The summed E-state index contributed by atoms with van der Waals surface area (Å²) >= 11 is 0. The number of allylic oxidation sites excluding steroid dienone is 3. The number of hydrogen-bond donors (Lipinski definition) is 0. The average molecular weight is 286 g/mol. The predicted octanol–water partition coefficient (Wildman–Crippen LogP) is 3.86. The van der Waals surface area contributed by atoms with Gasteiger partial charge in [0, 0.05) is 5.92 Å². The van der Waals surface area contributed by atoms with Crippen LogP contribution in [-0.4, -0.2) is 19.7 Å². The summed E-state index contributed by atoms with van der Waals surface area (Å²) in [4.78, 5) is 12.3. The van der Waals surface area contributed by atoms with Crippen molar-refractivity contribution in [3.63, 3.8) is 0 Å². The number of hydrogen-bond acceptors (Lipinski definition) is 3. The second-order valence-corrected chi connectivity index (χ2v) is 5.25. The summed E-state index contributed by atoms with van der Waals surface area (Å²) in [6, 6.07) is 7.86. The van der Waals surface area contributed by atoms with E-state index in [4.69, 9.17) is 9.47 Å². The number of methoxy groups -OCH3 is 1. The Morgan fingerprint density at radius 3 is 2.43 bits per heavy atom. The molecule has 0 fully saturated rings. The molecule has 0 aliphatic heterocycles. The fourth-order valence-electron chi connectivity index (χ4n) is 2.69. The Balaban J connectivity index is 2.35. The van der Waals surface area contributed by atoms with Crippen LogP contribution in [0.2, 0.25) is 0 Å². The quantitative estimate of drug-likeness (QED) is 0.788. The molecular weight excluding hydrogens is 264 g/mol. The third kappa shape index (κ3) is 3.18. The molecule has 0 spiro atoms. The summed E-state index contributed by atoms with van der Waals surface area (Å²) in [5, 5.41) is 0. The van der Waals surface area contributed by atoms with Crippen molar-refractivity contribution in [1.29, 1.82) is 0 Å². The average Bonchev–Trinajstić information content (AvgIpc) is 2.50. The van der Waals surface area contributed by atoms with Crippen LogP contribution in [0.5, 0.6) is 5.75 Å². The van der Waals surface area contributed by atoms with Gasteiger partial charge in [0.2, 0.25) is 0 Å². The number of benzene rings is 1. The van der Waals surface area contributed by atoms with E-state index < -0.39 is 0 Å². The summed E-state index contributed by atoms with van der Waals surface area (Å²) < 4.78 is 10.5. The minimum atomic E-state index is -0.247. The Morgan fingerprint density at radius 2 is 1.86 bits per heavy atom. The lowest BCUT2D eigenvalue weighted by atomic mass is 9.76. The van der Waals surface area contributed by atoms with Gasteiger partial charge in [-0.1, -0.05) is 35.4 Å². The van der Waals surface area contributed by atoms with E-state index in [1.807, 2.05) is 45.0 Å². The number of carbonyl (C=O) groups excluding carboxylic acids is 1. The third-order valence-electron chi connectivity index (χ3n) is 4.04. The minimum absolute atomic E-state index is 0.0126. The smallest absolute Gasteiger partial charge is 0.314 e. The maximum atomic E-state index is 12.3. The first-order valence-corrected chi connectivity index (χ1v) is 7.24. The Morgan fingerprint density at radius 1 is 1.19 bits per heavy atom. The first-order valence-electron chi connectivity index (χ1n) is 7.24. The molecule has 3 heteroatoms. The molecular formula is C18H22O3. The Labute approximate surface area is 126 Å². The molecule has 1 aromatic carbocycles. The zero-order chi connectivity index (χ0) is 15.4. The van der Waals surface area contributed by atoms with Crippen molar-refractivity contribution in [3.05, 3.63) is 53.1 Å². The van der Waals surface area contributed by atoms with Gasteiger partial charge in [0.15, 0.2) is 0 Å². The van der Waals surface area contributed by atoms with Gasteiger partial charge < -0.3 is 9.47 Å². The SMILES string of the molecule is CCOC(=O)[C@H]1C(C)=C(C)C=C[C@H]1c1ccc(OC)cc1. The van der Waals surface area contributed by atoms with E-state index in [2.05, 4.69) is 12.2 Å². The maximum absolute atomic E-state index is 12.3. The molecule has 1 aromatic rings. The summed E-state index contributed by atoms with van der Waals surface area (Å²) in [5.74, 6) is 0.427. The van der Waals surface area contributed by atoms with Crippen LogP contribution in [0.25, 0.3) is 0 Å². The molecule has 3 nitrogen and oxygen atoms in total. The van der Waals surface area contributed by atoms with Gasteiger partial charge in [-0.2, -0.15) is 0 Å². The van der Waals surface area contributed by atoms with Crippen LogP contribution in [0.15, 0.2) is 47.6 Å². The molecule has 0 heterocycles. The van der Waals surface area contributed by atoms with Gasteiger partial charge in [-0.25, -0.2) is 0 Å². The summed E-state index contributed by atoms with van der Waals surface area (Å²) in [6.07, 6.45) is 4.17.